The van der Waals surface area contributed by atoms with Crippen LogP contribution in [-0.4, -0.2) is 24.9 Å². The van der Waals surface area contributed by atoms with Crippen molar-refractivity contribution in [3.05, 3.63) is 29.8 Å². The van der Waals surface area contributed by atoms with Gasteiger partial charge in [-0.25, -0.2) is 0 Å². The monoisotopic (exact) mass is 300 g/mol. The number of alkyl halides is 3. The lowest BCUT2D eigenvalue weighted by Gasteiger charge is -2.18. The first-order valence-electron chi connectivity index (χ1n) is 6.61. The molecule has 1 N–H and O–H groups in total. The number of hydrogen-bond donors (Lipinski definition) is 1. The Kier molecular flexibility index (Phi) is 4.20. The average molecular weight is 300 g/mol. The number of hydrogen-bond acceptors (Lipinski definition) is 2. The third-order valence-corrected chi connectivity index (χ3v) is 3.36. The first kappa shape index (κ1) is 15.3. The normalized spacial score (nSPS) is 19.0. The molecule has 1 atom stereocenters. The molecule has 1 heterocycles. The zero-order valence-electron chi connectivity index (χ0n) is 11.4. The number of benzene rings is 1. The van der Waals surface area contributed by atoms with Gasteiger partial charge in [0.2, 0.25) is 11.8 Å². The van der Waals surface area contributed by atoms with Gasteiger partial charge in [-0.15, -0.1) is 0 Å². The van der Waals surface area contributed by atoms with Crippen LogP contribution in [0.5, 0.6) is 0 Å². The van der Waals surface area contributed by atoms with Crippen molar-refractivity contribution in [3.63, 3.8) is 0 Å². The lowest BCUT2D eigenvalue weighted by molar-refractivity contribution is -0.138. The SMILES string of the molecule is CCNC(=O)C1CCN(c2cccc(C(F)(F)F)c2)C1=O. The van der Waals surface area contributed by atoms with E-state index < -0.39 is 23.6 Å². The van der Waals surface area contributed by atoms with Crippen LogP contribution in [0.3, 0.4) is 0 Å². The van der Waals surface area contributed by atoms with Gasteiger partial charge < -0.3 is 10.2 Å². The van der Waals surface area contributed by atoms with Gasteiger partial charge in [-0.05, 0) is 31.5 Å². The molecule has 1 saturated heterocycles. The maximum atomic E-state index is 12.7. The minimum Gasteiger partial charge on any atom is -0.356 e. The number of halogens is 3. The fourth-order valence-electron chi connectivity index (χ4n) is 2.33. The average Bonchev–Trinajstić information content (AvgIpc) is 2.80. The van der Waals surface area contributed by atoms with E-state index in [-0.39, 0.29) is 18.1 Å². The molecule has 0 saturated carbocycles. The first-order valence-corrected chi connectivity index (χ1v) is 6.61. The highest BCUT2D eigenvalue weighted by molar-refractivity contribution is 6.09. The number of anilines is 1. The standard InChI is InChI=1S/C14H15F3N2O2/c1-2-18-12(20)11-6-7-19(13(11)21)10-5-3-4-9(8-10)14(15,16)17/h3-5,8,11H,2,6-7H2,1H3,(H,18,20). The van der Waals surface area contributed by atoms with E-state index in [1.165, 1.54) is 17.0 Å². The summed E-state index contributed by atoms with van der Waals surface area (Å²) in [6.07, 6.45) is -4.15. The summed E-state index contributed by atoms with van der Waals surface area (Å²) in [4.78, 5) is 25.1. The Morgan fingerprint density at radius 3 is 2.76 bits per heavy atom. The van der Waals surface area contributed by atoms with E-state index in [0.29, 0.717) is 13.0 Å². The van der Waals surface area contributed by atoms with Gasteiger partial charge in [0.1, 0.15) is 5.92 Å². The highest BCUT2D eigenvalue weighted by atomic mass is 19.4. The van der Waals surface area contributed by atoms with E-state index in [0.717, 1.165) is 12.1 Å². The molecule has 0 aliphatic carbocycles. The molecule has 2 rings (SSSR count). The van der Waals surface area contributed by atoms with Crippen molar-refractivity contribution in [3.8, 4) is 0 Å². The molecule has 0 aromatic heterocycles. The van der Waals surface area contributed by atoms with Crippen molar-refractivity contribution in [2.45, 2.75) is 19.5 Å². The molecular formula is C14H15F3N2O2. The molecule has 4 nitrogen and oxygen atoms in total. The highest BCUT2D eigenvalue weighted by Crippen LogP contribution is 2.33. The molecule has 1 fully saturated rings. The Labute approximate surface area is 119 Å². The smallest absolute Gasteiger partial charge is 0.356 e. The number of nitrogens with zero attached hydrogens (tertiary/aromatic N) is 1. The number of carbonyl (C=O) groups is 2. The fourth-order valence-corrected chi connectivity index (χ4v) is 2.33. The summed E-state index contributed by atoms with van der Waals surface area (Å²) in [6.45, 7) is 2.38. The van der Waals surface area contributed by atoms with Crippen LogP contribution in [0.15, 0.2) is 24.3 Å². The number of carbonyl (C=O) groups excluding carboxylic acids is 2. The zero-order valence-corrected chi connectivity index (χ0v) is 11.4. The Balaban J connectivity index is 2.21. The van der Waals surface area contributed by atoms with Gasteiger partial charge in [0.05, 0.1) is 5.56 Å². The Morgan fingerprint density at radius 1 is 1.43 bits per heavy atom. The maximum Gasteiger partial charge on any atom is 0.416 e. The van der Waals surface area contributed by atoms with Crippen LogP contribution in [0.4, 0.5) is 18.9 Å². The lowest BCUT2D eigenvalue weighted by Crippen LogP contribution is -2.36. The van der Waals surface area contributed by atoms with Gasteiger partial charge in [0.15, 0.2) is 0 Å². The van der Waals surface area contributed by atoms with E-state index in [2.05, 4.69) is 5.32 Å². The second kappa shape index (κ2) is 5.75. The van der Waals surface area contributed by atoms with Crippen molar-refractivity contribution < 1.29 is 22.8 Å². The molecule has 1 aromatic rings. The number of nitrogens with one attached hydrogen (secondary N) is 1. The molecule has 21 heavy (non-hydrogen) atoms. The second-order valence-corrected chi connectivity index (χ2v) is 4.77. The number of rotatable bonds is 3. The van der Waals surface area contributed by atoms with Crippen LogP contribution in [0, 0.1) is 5.92 Å². The van der Waals surface area contributed by atoms with Crippen molar-refractivity contribution in [1.82, 2.24) is 5.32 Å². The quantitative estimate of drug-likeness (QED) is 0.870. The molecule has 0 bridgehead atoms. The molecule has 7 heteroatoms. The molecule has 114 valence electrons. The molecule has 2 amide bonds. The van der Waals surface area contributed by atoms with Gasteiger partial charge in [0, 0.05) is 18.8 Å². The van der Waals surface area contributed by atoms with Crippen LogP contribution in [-0.2, 0) is 15.8 Å². The summed E-state index contributed by atoms with van der Waals surface area (Å²) < 4.78 is 38.1. The van der Waals surface area contributed by atoms with Crippen LogP contribution in [0.1, 0.15) is 18.9 Å². The minimum absolute atomic E-state index is 0.168. The van der Waals surface area contributed by atoms with Crippen molar-refractivity contribution >= 4 is 17.5 Å². The van der Waals surface area contributed by atoms with Gasteiger partial charge >= 0.3 is 6.18 Å². The molecule has 1 aliphatic heterocycles. The van der Waals surface area contributed by atoms with E-state index in [4.69, 9.17) is 0 Å². The van der Waals surface area contributed by atoms with Crippen LogP contribution < -0.4 is 10.2 Å². The largest absolute Gasteiger partial charge is 0.416 e. The van der Waals surface area contributed by atoms with Crippen molar-refractivity contribution in [2.24, 2.45) is 5.92 Å². The molecule has 1 aliphatic rings. The first-order chi connectivity index (χ1) is 9.84. The second-order valence-electron chi connectivity index (χ2n) is 4.77. The van der Waals surface area contributed by atoms with Crippen LogP contribution >= 0.6 is 0 Å². The van der Waals surface area contributed by atoms with E-state index in [9.17, 15) is 22.8 Å². The summed E-state index contributed by atoms with van der Waals surface area (Å²) in [7, 11) is 0. The zero-order chi connectivity index (χ0) is 15.6. The third-order valence-electron chi connectivity index (χ3n) is 3.36. The summed E-state index contributed by atoms with van der Waals surface area (Å²) in [5, 5.41) is 2.56. The molecular weight excluding hydrogens is 285 g/mol. The molecule has 1 unspecified atom stereocenters. The Bertz CT molecular complexity index is 557. The summed E-state index contributed by atoms with van der Waals surface area (Å²) >= 11 is 0. The Hall–Kier alpha value is -2.05. The predicted octanol–water partition coefficient (Wildman–Crippen LogP) is 2.19. The third kappa shape index (κ3) is 3.17. The van der Waals surface area contributed by atoms with Gasteiger partial charge in [-0.1, -0.05) is 6.07 Å². The van der Waals surface area contributed by atoms with Crippen molar-refractivity contribution in [1.29, 1.82) is 0 Å². The topological polar surface area (TPSA) is 49.4 Å². The van der Waals surface area contributed by atoms with E-state index >= 15 is 0 Å². The van der Waals surface area contributed by atoms with Crippen molar-refractivity contribution in [2.75, 3.05) is 18.0 Å². The van der Waals surface area contributed by atoms with Crippen LogP contribution in [0.25, 0.3) is 0 Å². The number of amides is 2. The highest BCUT2D eigenvalue weighted by Gasteiger charge is 2.38. The molecule has 0 spiro atoms. The van der Waals surface area contributed by atoms with Crippen LogP contribution in [0.2, 0.25) is 0 Å². The van der Waals surface area contributed by atoms with E-state index in [1.54, 1.807) is 6.92 Å². The fraction of sp³-hybridized carbons (Fsp3) is 0.429. The van der Waals surface area contributed by atoms with E-state index in [1.807, 2.05) is 0 Å². The maximum absolute atomic E-state index is 12.7. The summed E-state index contributed by atoms with van der Waals surface area (Å²) in [5.74, 6) is -1.66. The molecule has 0 radical (unpaired) electrons. The lowest BCUT2D eigenvalue weighted by atomic mass is 10.1. The Morgan fingerprint density at radius 2 is 2.14 bits per heavy atom. The van der Waals surface area contributed by atoms with Gasteiger partial charge in [-0.3, -0.25) is 9.59 Å². The van der Waals surface area contributed by atoms with Gasteiger partial charge in [-0.2, -0.15) is 13.2 Å². The minimum atomic E-state index is -4.46. The predicted molar refractivity (Wildman–Crippen MR) is 70.6 cm³/mol. The summed E-state index contributed by atoms with van der Waals surface area (Å²) in [5.41, 5.74) is -0.643. The summed E-state index contributed by atoms with van der Waals surface area (Å²) in [6, 6.07) is 4.57. The molecule has 1 aromatic carbocycles. The van der Waals surface area contributed by atoms with Gasteiger partial charge in [0.25, 0.3) is 0 Å².